The Morgan fingerprint density at radius 3 is 2.52 bits per heavy atom. The fourth-order valence-electron chi connectivity index (χ4n) is 1.69. The first kappa shape index (κ1) is 17.7. The Kier molecular flexibility index (Phi) is 6.38. The highest BCUT2D eigenvalue weighted by Gasteiger charge is 2.09. The van der Waals surface area contributed by atoms with Crippen molar-refractivity contribution in [1.29, 1.82) is 0 Å². The van der Waals surface area contributed by atoms with Crippen molar-refractivity contribution in [2.24, 2.45) is 0 Å². The fraction of sp³-hybridized carbons (Fsp3) is 0.133. The zero-order valence-corrected chi connectivity index (χ0v) is 14.9. The van der Waals surface area contributed by atoms with Crippen LogP contribution in [0.3, 0.4) is 0 Å². The molecule has 0 unspecified atom stereocenters. The minimum atomic E-state index is -0.368. The van der Waals surface area contributed by atoms with Crippen LogP contribution >= 0.6 is 39.1 Å². The Labute approximate surface area is 151 Å². The minimum absolute atomic E-state index is 0.136. The molecule has 1 heterocycles. The molecule has 0 aliphatic rings. The van der Waals surface area contributed by atoms with Crippen molar-refractivity contribution in [3.8, 4) is 0 Å². The lowest BCUT2D eigenvalue weighted by Gasteiger charge is -2.07. The highest BCUT2D eigenvalue weighted by Crippen LogP contribution is 2.19. The van der Waals surface area contributed by atoms with Gasteiger partial charge in [0.05, 0.1) is 10.6 Å². The number of aromatic nitrogens is 1. The highest BCUT2D eigenvalue weighted by atomic mass is 79.9. The summed E-state index contributed by atoms with van der Waals surface area (Å²) in [5.41, 5.74) is 0.978. The molecule has 0 fully saturated rings. The van der Waals surface area contributed by atoms with E-state index in [1.165, 1.54) is 12.3 Å². The number of halogens is 3. The van der Waals surface area contributed by atoms with Crippen LogP contribution in [0.4, 0.5) is 5.69 Å². The Morgan fingerprint density at radius 1 is 1.17 bits per heavy atom. The number of hydrogen-bond donors (Lipinski definition) is 2. The van der Waals surface area contributed by atoms with Gasteiger partial charge in [0.2, 0.25) is 5.91 Å². The van der Waals surface area contributed by atoms with Gasteiger partial charge in [0.1, 0.15) is 5.15 Å². The molecular weight excluding hydrogens is 405 g/mol. The number of anilines is 1. The highest BCUT2D eigenvalue weighted by molar-refractivity contribution is 9.10. The smallest absolute Gasteiger partial charge is 0.252 e. The molecule has 2 rings (SSSR count). The molecule has 0 atom stereocenters. The van der Waals surface area contributed by atoms with Gasteiger partial charge >= 0.3 is 0 Å². The third-order valence-corrected chi connectivity index (χ3v) is 4.04. The normalized spacial score (nSPS) is 10.2. The van der Waals surface area contributed by atoms with Gasteiger partial charge in [-0.2, -0.15) is 0 Å². The summed E-state index contributed by atoms with van der Waals surface area (Å²) in [4.78, 5) is 27.5. The number of hydrogen-bond acceptors (Lipinski definition) is 3. The third-order valence-electron chi connectivity index (χ3n) is 2.82. The summed E-state index contributed by atoms with van der Waals surface area (Å²) in [6.07, 6.45) is 1.47. The van der Waals surface area contributed by atoms with Gasteiger partial charge in [0.25, 0.3) is 5.91 Å². The Bertz CT molecular complexity index is 723. The molecule has 0 saturated carbocycles. The molecule has 0 aliphatic heterocycles. The largest absolute Gasteiger partial charge is 0.351 e. The fourth-order valence-corrected chi connectivity index (χ4v) is 2.23. The van der Waals surface area contributed by atoms with E-state index in [0.29, 0.717) is 5.69 Å². The lowest BCUT2D eigenvalue weighted by atomic mass is 10.2. The molecule has 0 spiro atoms. The second-order valence-corrected chi connectivity index (χ2v) is 6.24. The quantitative estimate of drug-likeness (QED) is 0.725. The van der Waals surface area contributed by atoms with Crippen LogP contribution in [0.1, 0.15) is 16.8 Å². The number of rotatable bonds is 5. The maximum absolute atomic E-state index is 11.9. The van der Waals surface area contributed by atoms with E-state index in [2.05, 4.69) is 31.5 Å². The molecule has 0 radical (unpaired) electrons. The number of nitrogens with zero attached hydrogens (tertiary/aromatic N) is 1. The van der Waals surface area contributed by atoms with Crippen LogP contribution in [-0.4, -0.2) is 23.3 Å². The lowest BCUT2D eigenvalue weighted by Crippen LogP contribution is -2.27. The van der Waals surface area contributed by atoms with Gasteiger partial charge in [0, 0.05) is 29.3 Å². The van der Waals surface area contributed by atoms with Crippen molar-refractivity contribution in [1.82, 2.24) is 10.3 Å². The predicted octanol–water partition coefficient (Wildman–Crippen LogP) is 3.91. The summed E-state index contributed by atoms with van der Waals surface area (Å²) < 4.78 is 0.929. The zero-order valence-electron chi connectivity index (χ0n) is 11.8. The number of benzene rings is 1. The van der Waals surface area contributed by atoms with Gasteiger partial charge in [0.15, 0.2) is 0 Å². The Balaban J connectivity index is 1.79. The first-order valence-electron chi connectivity index (χ1n) is 6.60. The van der Waals surface area contributed by atoms with Gasteiger partial charge < -0.3 is 10.6 Å². The average molecular weight is 417 g/mol. The first-order valence-corrected chi connectivity index (χ1v) is 8.15. The van der Waals surface area contributed by atoms with Crippen LogP contribution in [0.15, 0.2) is 41.0 Å². The molecule has 5 nitrogen and oxygen atoms in total. The topological polar surface area (TPSA) is 71.1 Å². The van der Waals surface area contributed by atoms with Gasteiger partial charge in [-0.1, -0.05) is 39.1 Å². The molecule has 23 heavy (non-hydrogen) atoms. The van der Waals surface area contributed by atoms with Gasteiger partial charge in [-0.05, 0) is 30.3 Å². The molecule has 2 amide bonds. The molecule has 0 aliphatic carbocycles. The summed E-state index contributed by atoms with van der Waals surface area (Å²) in [7, 11) is 0. The Hall–Kier alpha value is -1.63. The number of pyridine rings is 1. The molecule has 8 heteroatoms. The monoisotopic (exact) mass is 415 g/mol. The van der Waals surface area contributed by atoms with E-state index in [9.17, 15) is 9.59 Å². The number of carbonyl (C=O) groups is 2. The van der Waals surface area contributed by atoms with E-state index in [4.69, 9.17) is 23.2 Å². The van der Waals surface area contributed by atoms with Gasteiger partial charge in [-0.15, -0.1) is 0 Å². The molecule has 2 aromatic rings. The number of nitrogens with one attached hydrogen (secondary N) is 2. The summed E-state index contributed by atoms with van der Waals surface area (Å²) >= 11 is 14.8. The summed E-state index contributed by atoms with van der Waals surface area (Å²) in [6, 6.07) is 8.64. The van der Waals surface area contributed by atoms with Crippen molar-refractivity contribution < 1.29 is 9.59 Å². The Morgan fingerprint density at radius 2 is 1.87 bits per heavy atom. The maximum atomic E-state index is 11.9. The van der Waals surface area contributed by atoms with E-state index in [-0.39, 0.29) is 40.5 Å². The van der Waals surface area contributed by atoms with Crippen molar-refractivity contribution >= 4 is 56.6 Å². The second kappa shape index (κ2) is 8.29. The molecule has 0 saturated heterocycles. The van der Waals surface area contributed by atoms with Crippen LogP contribution in [0.5, 0.6) is 0 Å². The number of carbonyl (C=O) groups excluding carboxylic acids is 2. The molecular formula is C15H12BrCl2N3O2. The van der Waals surface area contributed by atoms with Crippen LogP contribution in [-0.2, 0) is 4.79 Å². The molecule has 0 bridgehead atoms. The minimum Gasteiger partial charge on any atom is -0.351 e. The molecule has 120 valence electrons. The standard InChI is InChI=1S/C15H12BrCl2N3O2/c16-10-1-3-11(4-2-10)21-13(22)5-6-19-15(23)9-7-12(17)14(18)20-8-9/h1-4,7-8H,5-6H2,(H,19,23)(H,21,22). The van der Waals surface area contributed by atoms with Gasteiger partial charge in [-0.3, -0.25) is 9.59 Å². The third kappa shape index (κ3) is 5.49. The van der Waals surface area contributed by atoms with Crippen LogP contribution in [0, 0.1) is 0 Å². The molecule has 2 N–H and O–H groups in total. The van der Waals surface area contributed by atoms with Crippen molar-refractivity contribution in [2.75, 3.05) is 11.9 Å². The van der Waals surface area contributed by atoms with E-state index in [1.54, 1.807) is 12.1 Å². The summed E-state index contributed by atoms with van der Waals surface area (Å²) in [5.74, 6) is -0.563. The average Bonchev–Trinajstić information content (AvgIpc) is 2.52. The predicted molar refractivity (Wildman–Crippen MR) is 94.0 cm³/mol. The van der Waals surface area contributed by atoms with E-state index in [0.717, 1.165) is 4.47 Å². The van der Waals surface area contributed by atoms with E-state index < -0.39 is 0 Å². The second-order valence-electron chi connectivity index (χ2n) is 4.56. The van der Waals surface area contributed by atoms with Crippen LogP contribution in [0.2, 0.25) is 10.2 Å². The van der Waals surface area contributed by atoms with E-state index in [1.807, 2.05) is 12.1 Å². The van der Waals surface area contributed by atoms with Crippen LogP contribution < -0.4 is 10.6 Å². The van der Waals surface area contributed by atoms with Gasteiger partial charge in [-0.25, -0.2) is 4.98 Å². The number of amides is 2. The van der Waals surface area contributed by atoms with Crippen molar-refractivity contribution in [3.05, 3.63) is 56.7 Å². The molecule has 1 aromatic carbocycles. The zero-order chi connectivity index (χ0) is 16.8. The van der Waals surface area contributed by atoms with Crippen molar-refractivity contribution in [3.63, 3.8) is 0 Å². The lowest BCUT2D eigenvalue weighted by molar-refractivity contribution is -0.116. The SMILES string of the molecule is O=C(CCNC(=O)c1cnc(Cl)c(Cl)c1)Nc1ccc(Br)cc1. The van der Waals surface area contributed by atoms with E-state index >= 15 is 0 Å². The van der Waals surface area contributed by atoms with Crippen molar-refractivity contribution in [2.45, 2.75) is 6.42 Å². The maximum Gasteiger partial charge on any atom is 0.252 e. The summed E-state index contributed by atoms with van der Waals surface area (Å²) in [5, 5.41) is 5.70. The molecule has 1 aromatic heterocycles. The first-order chi connectivity index (χ1) is 11.0. The van der Waals surface area contributed by atoms with Crippen LogP contribution in [0.25, 0.3) is 0 Å². The summed E-state index contributed by atoms with van der Waals surface area (Å²) in [6.45, 7) is 0.196.